The predicted molar refractivity (Wildman–Crippen MR) is 108 cm³/mol. The van der Waals surface area contributed by atoms with Crippen molar-refractivity contribution in [2.75, 3.05) is 11.4 Å². The zero-order chi connectivity index (χ0) is 20.6. The third-order valence-electron chi connectivity index (χ3n) is 6.00. The highest BCUT2D eigenvalue weighted by Gasteiger charge is 2.49. The molecule has 1 aromatic heterocycles. The number of benzene rings is 1. The van der Waals surface area contributed by atoms with E-state index in [9.17, 15) is 18.8 Å². The van der Waals surface area contributed by atoms with Gasteiger partial charge in [0.25, 0.3) is 5.91 Å². The maximum Gasteiger partial charge on any atom is 0.268 e. The van der Waals surface area contributed by atoms with Crippen LogP contribution in [-0.4, -0.2) is 29.4 Å². The quantitative estimate of drug-likeness (QED) is 0.804. The Morgan fingerprint density at radius 2 is 1.93 bits per heavy atom. The monoisotopic (exact) mass is 417 g/mol. The van der Waals surface area contributed by atoms with Crippen molar-refractivity contribution in [3.8, 4) is 0 Å². The maximum atomic E-state index is 13.3. The van der Waals surface area contributed by atoms with E-state index in [1.165, 1.54) is 24.3 Å². The number of aromatic nitrogens is 1. The average molecular weight is 418 g/mol. The summed E-state index contributed by atoms with van der Waals surface area (Å²) in [5.74, 6) is -0.736. The number of carbonyl (C=O) groups excluding carboxylic acids is 2. The first-order chi connectivity index (χ1) is 13.9. The smallest absolute Gasteiger partial charge is 0.268 e. The van der Waals surface area contributed by atoms with E-state index in [-0.39, 0.29) is 34.1 Å². The Hall–Kier alpha value is -2.67. The van der Waals surface area contributed by atoms with Crippen molar-refractivity contribution in [1.82, 2.24) is 10.3 Å². The first-order valence-electron chi connectivity index (χ1n) is 9.65. The number of nitrogens with one attached hydrogen (secondary N) is 2. The van der Waals surface area contributed by atoms with Crippen LogP contribution in [0.15, 0.2) is 41.2 Å². The van der Waals surface area contributed by atoms with Gasteiger partial charge >= 0.3 is 0 Å². The van der Waals surface area contributed by atoms with Gasteiger partial charge in [0, 0.05) is 18.7 Å². The van der Waals surface area contributed by atoms with Crippen LogP contribution >= 0.6 is 11.6 Å². The molecule has 2 amide bonds. The molecule has 2 fully saturated rings. The van der Waals surface area contributed by atoms with E-state index in [1.54, 1.807) is 17.0 Å². The molecule has 1 aliphatic carbocycles. The molecule has 2 heterocycles. The van der Waals surface area contributed by atoms with Crippen LogP contribution in [0.2, 0.25) is 5.02 Å². The van der Waals surface area contributed by atoms with Gasteiger partial charge in [-0.2, -0.15) is 0 Å². The molecule has 2 N–H and O–H groups in total. The summed E-state index contributed by atoms with van der Waals surface area (Å²) < 4.78 is 13.3. The SMILES string of the molecule is O=C(NC1CCC2(CC1)CCN(c1ccc(F)cc1Cl)C2=O)c1cccc(=O)[nH]1. The molecule has 29 heavy (non-hydrogen) atoms. The lowest BCUT2D eigenvalue weighted by Crippen LogP contribution is -2.44. The molecule has 2 aromatic rings. The van der Waals surface area contributed by atoms with E-state index in [2.05, 4.69) is 10.3 Å². The van der Waals surface area contributed by atoms with Crippen molar-refractivity contribution in [2.24, 2.45) is 5.41 Å². The van der Waals surface area contributed by atoms with Crippen LogP contribution in [0.25, 0.3) is 0 Å². The molecule has 1 saturated carbocycles. The molecule has 0 atom stereocenters. The van der Waals surface area contributed by atoms with Crippen molar-refractivity contribution in [3.05, 3.63) is 63.3 Å². The number of hydrogen-bond donors (Lipinski definition) is 2. The highest BCUT2D eigenvalue weighted by Crippen LogP contribution is 2.47. The van der Waals surface area contributed by atoms with Gasteiger partial charge < -0.3 is 15.2 Å². The van der Waals surface area contributed by atoms with Crippen LogP contribution in [0.5, 0.6) is 0 Å². The van der Waals surface area contributed by atoms with Gasteiger partial charge in [-0.3, -0.25) is 14.4 Å². The fourth-order valence-electron chi connectivity index (χ4n) is 4.37. The molecule has 1 saturated heterocycles. The van der Waals surface area contributed by atoms with E-state index in [0.717, 1.165) is 0 Å². The summed E-state index contributed by atoms with van der Waals surface area (Å²) in [7, 11) is 0. The maximum absolute atomic E-state index is 13.3. The molecule has 8 heteroatoms. The molecule has 1 aromatic carbocycles. The summed E-state index contributed by atoms with van der Waals surface area (Å²) in [4.78, 5) is 41.0. The standard InChI is InChI=1S/C21H21ClFN3O3/c22-15-12-13(23)4-5-17(15)26-11-10-21(20(26)29)8-6-14(7-9-21)24-19(28)16-2-1-3-18(27)25-16/h1-5,12,14H,6-11H2,(H,24,28)(H,25,27). The lowest BCUT2D eigenvalue weighted by molar-refractivity contribution is -0.127. The van der Waals surface area contributed by atoms with Crippen LogP contribution in [0.4, 0.5) is 10.1 Å². The number of nitrogens with zero attached hydrogens (tertiary/aromatic N) is 1. The summed E-state index contributed by atoms with van der Waals surface area (Å²) in [6.07, 6.45) is 3.40. The van der Waals surface area contributed by atoms with E-state index in [4.69, 9.17) is 11.6 Å². The number of pyridine rings is 1. The molecule has 4 rings (SSSR count). The fourth-order valence-corrected chi connectivity index (χ4v) is 4.64. The first-order valence-corrected chi connectivity index (χ1v) is 10.0. The molecule has 152 valence electrons. The molecule has 6 nitrogen and oxygen atoms in total. The second kappa shape index (κ2) is 7.63. The number of aromatic amines is 1. The van der Waals surface area contributed by atoms with E-state index in [0.29, 0.717) is 44.3 Å². The minimum atomic E-state index is -0.458. The molecule has 1 spiro atoms. The summed E-state index contributed by atoms with van der Waals surface area (Å²) >= 11 is 6.15. The Kier molecular flexibility index (Phi) is 5.17. The zero-order valence-electron chi connectivity index (χ0n) is 15.7. The minimum Gasteiger partial charge on any atom is -0.348 e. The topological polar surface area (TPSA) is 82.3 Å². The average Bonchev–Trinajstić information content (AvgIpc) is 3.00. The van der Waals surface area contributed by atoms with Crippen molar-refractivity contribution in [3.63, 3.8) is 0 Å². The number of hydrogen-bond acceptors (Lipinski definition) is 3. The number of halogens is 2. The van der Waals surface area contributed by atoms with Gasteiger partial charge in [-0.1, -0.05) is 17.7 Å². The minimum absolute atomic E-state index is 0.0168. The Morgan fingerprint density at radius 1 is 1.17 bits per heavy atom. The van der Waals surface area contributed by atoms with Gasteiger partial charge in [-0.05, 0) is 56.4 Å². The highest BCUT2D eigenvalue weighted by atomic mass is 35.5. The summed E-state index contributed by atoms with van der Waals surface area (Å²) in [5, 5.41) is 3.17. The van der Waals surface area contributed by atoms with E-state index >= 15 is 0 Å². The van der Waals surface area contributed by atoms with E-state index in [1.807, 2.05) is 0 Å². The van der Waals surface area contributed by atoms with E-state index < -0.39 is 11.2 Å². The Labute approximate surface area is 172 Å². The highest BCUT2D eigenvalue weighted by molar-refractivity contribution is 6.34. The second-order valence-corrected chi connectivity index (χ2v) is 8.17. The van der Waals surface area contributed by atoms with Crippen LogP contribution in [0, 0.1) is 11.2 Å². The number of H-pyrrole nitrogens is 1. The van der Waals surface area contributed by atoms with Crippen molar-refractivity contribution < 1.29 is 14.0 Å². The summed E-state index contributed by atoms with van der Waals surface area (Å²) in [6.45, 7) is 0.548. The van der Waals surface area contributed by atoms with Gasteiger partial charge in [0.15, 0.2) is 0 Å². The largest absolute Gasteiger partial charge is 0.348 e. The van der Waals surface area contributed by atoms with Gasteiger partial charge in [0.1, 0.15) is 11.5 Å². The third kappa shape index (κ3) is 3.79. The van der Waals surface area contributed by atoms with Crippen molar-refractivity contribution in [2.45, 2.75) is 38.1 Å². The van der Waals surface area contributed by atoms with Gasteiger partial charge in [0.2, 0.25) is 11.5 Å². The fraction of sp³-hybridized carbons (Fsp3) is 0.381. The predicted octanol–water partition coefficient (Wildman–Crippen LogP) is 3.26. The van der Waals surface area contributed by atoms with Crippen LogP contribution in [-0.2, 0) is 4.79 Å². The van der Waals surface area contributed by atoms with Gasteiger partial charge in [0.05, 0.1) is 16.1 Å². The normalized spacial score (nSPS) is 24.1. The number of rotatable bonds is 3. The van der Waals surface area contributed by atoms with Gasteiger partial charge in [-0.25, -0.2) is 4.39 Å². The summed E-state index contributed by atoms with van der Waals surface area (Å²) in [6, 6.07) is 8.47. The Bertz CT molecular complexity index is 1010. The van der Waals surface area contributed by atoms with Crippen LogP contribution < -0.4 is 15.8 Å². The third-order valence-corrected chi connectivity index (χ3v) is 6.31. The Morgan fingerprint density at radius 3 is 2.62 bits per heavy atom. The molecule has 2 aliphatic rings. The molecule has 0 unspecified atom stereocenters. The van der Waals surface area contributed by atoms with Crippen molar-refractivity contribution in [1.29, 1.82) is 0 Å². The molecular weight excluding hydrogens is 397 g/mol. The lowest BCUT2D eigenvalue weighted by Gasteiger charge is -2.36. The van der Waals surface area contributed by atoms with Crippen molar-refractivity contribution >= 4 is 29.1 Å². The summed E-state index contributed by atoms with van der Waals surface area (Å²) in [5.41, 5.74) is -0.0124. The Balaban J connectivity index is 1.40. The number of carbonyl (C=O) groups is 2. The molecule has 0 radical (unpaired) electrons. The lowest BCUT2D eigenvalue weighted by atomic mass is 9.71. The number of amides is 2. The zero-order valence-corrected chi connectivity index (χ0v) is 16.5. The molecular formula is C21H21ClFN3O3. The number of anilines is 1. The molecule has 1 aliphatic heterocycles. The van der Waals surface area contributed by atoms with Gasteiger partial charge in [-0.15, -0.1) is 0 Å². The first kappa shape index (κ1) is 19.6. The second-order valence-electron chi connectivity index (χ2n) is 7.76. The van der Waals surface area contributed by atoms with Crippen LogP contribution in [0.3, 0.4) is 0 Å². The van der Waals surface area contributed by atoms with Crippen LogP contribution in [0.1, 0.15) is 42.6 Å². The molecule has 0 bridgehead atoms.